The fraction of sp³-hybridized carbons (Fsp3) is 0.267. The third-order valence-corrected chi connectivity index (χ3v) is 9.01. The van der Waals surface area contributed by atoms with Gasteiger partial charge in [-0.3, -0.25) is 0 Å². The van der Waals surface area contributed by atoms with Gasteiger partial charge in [0.1, 0.15) is 23.3 Å². The Hall–Kier alpha value is -6.09. The van der Waals surface area contributed by atoms with Crippen LogP contribution in [0.25, 0.3) is 68.1 Å². The second-order valence-electron chi connectivity index (χ2n) is 14.8. The summed E-state index contributed by atoms with van der Waals surface area (Å²) in [5, 5.41) is 0. The predicted molar refractivity (Wildman–Crippen MR) is 216 cm³/mol. The van der Waals surface area contributed by atoms with Gasteiger partial charge in [0.25, 0.3) is 0 Å². The molecule has 0 aliphatic rings. The lowest BCUT2D eigenvalue weighted by atomic mass is 9.98. The minimum Gasteiger partial charge on any atom is -0.217 e. The largest absolute Gasteiger partial charge is 0.217 e. The zero-order valence-electron chi connectivity index (χ0n) is 32.1. The number of hydrogen-bond donors (Lipinski definition) is 0. The molecule has 0 bridgehead atoms. The third-order valence-electron chi connectivity index (χ3n) is 9.01. The zero-order valence-corrected chi connectivity index (χ0v) is 32.1. The van der Waals surface area contributed by atoms with E-state index in [1.807, 2.05) is 66.7 Å². The molecule has 9 nitrogen and oxygen atoms in total. The molecule has 7 rings (SSSR count). The normalized spacial score (nSPS) is 11.6. The van der Waals surface area contributed by atoms with E-state index in [1.165, 1.54) is 0 Å². The molecule has 0 saturated carbocycles. The summed E-state index contributed by atoms with van der Waals surface area (Å²) in [4.78, 5) is 44.5. The first-order valence-electron chi connectivity index (χ1n) is 18.7. The maximum atomic E-state index is 5.16. The summed E-state index contributed by atoms with van der Waals surface area (Å²) in [5.74, 6) is 6.60. The highest BCUT2D eigenvalue weighted by molar-refractivity contribution is 5.79. The maximum Gasteiger partial charge on any atom is 0.164 e. The van der Waals surface area contributed by atoms with Crippen LogP contribution in [0.2, 0.25) is 0 Å². The van der Waals surface area contributed by atoms with Gasteiger partial charge in [-0.25, -0.2) is 44.9 Å². The lowest BCUT2D eigenvalue weighted by Gasteiger charge is -2.14. The van der Waals surface area contributed by atoms with Crippen molar-refractivity contribution in [2.45, 2.75) is 79.1 Å². The van der Waals surface area contributed by atoms with Crippen molar-refractivity contribution in [1.29, 1.82) is 0 Å². The monoisotopic (exact) mass is 711 g/mol. The summed E-state index contributed by atoms with van der Waals surface area (Å²) in [6, 6.07) is 34.7. The highest BCUT2D eigenvalue weighted by atomic mass is 15.1. The highest BCUT2D eigenvalue weighted by Gasteiger charge is 2.19. The van der Waals surface area contributed by atoms with Crippen molar-refractivity contribution in [3.8, 4) is 68.1 Å². The van der Waals surface area contributed by atoms with Crippen LogP contribution in [0, 0.1) is 0 Å². The fourth-order valence-corrected chi connectivity index (χ4v) is 5.94. The number of benzene rings is 4. The van der Waals surface area contributed by atoms with Crippen molar-refractivity contribution in [3.05, 3.63) is 126 Å². The number of hydrogen-bond acceptors (Lipinski definition) is 9. The van der Waals surface area contributed by atoms with E-state index in [9.17, 15) is 0 Å². The molecular formula is C45H45N9. The van der Waals surface area contributed by atoms with Crippen molar-refractivity contribution in [1.82, 2.24) is 44.9 Å². The Balaban J connectivity index is 1.43. The van der Waals surface area contributed by atoms with Gasteiger partial charge in [-0.2, -0.15) is 0 Å². The Kier molecular flexibility index (Phi) is 10.4. The van der Waals surface area contributed by atoms with Gasteiger partial charge in [-0.15, -0.1) is 0 Å². The van der Waals surface area contributed by atoms with Gasteiger partial charge in [0.15, 0.2) is 29.1 Å². The van der Waals surface area contributed by atoms with Crippen molar-refractivity contribution >= 4 is 0 Å². The van der Waals surface area contributed by atoms with Crippen molar-refractivity contribution in [2.75, 3.05) is 0 Å². The van der Waals surface area contributed by atoms with E-state index in [0.717, 1.165) is 62.2 Å². The van der Waals surface area contributed by atoms with Gasteiger partial charge in [0.05, 0.1) is 0 Å². The molecule has 270 valence electrons. The summed E-state index contributed by atoms with van der Waals surface area (Å²) in [6.07, 6.45) is 0. The molecule has 4 aromatic carbocycles. The van der Waals surface area contributed by atoms with Gasteiger partial charge in [-0.1, -0.05) is 134 Å². The smallest absolute Gasteiger partial charge is 0.164 e. The molecule has 3 aromatic heterocycles. The SMILES string of the molecule is CC(C)c1nc(-c2cccc(-c3nc(-c4ccccc4)nc(-c4cc(-c5ccccc5)cc(-c5nc(C(C)C)nc(C(C)C)n5)c4)n3)c2)nc(C(C)C)n1. The average Bonchev–Trinajstić information content (AvgIpc) is 3.20. The van der Waals surface area contributed by atoms with Crippen LogP contribution in [0.15, 0.2) is 103 Å². The summed E-state index contributed by atoms with van der Waals surface area (Å²) in [6.45, 7) is 16.8. The van der Waals surface area contributed by atoms with E-state index < -0.39 is 0 Å². The van der Waals surface area contributed by atoms with Gasteiger partial charge in [0.2, 0.25) is 0 Å². The van der Waals surface area contributed by atoms with Gasteiger partial charge in [0, 0.05) is 51.5 Å². The molecule has 7 aromatic rings. The number of aromatic nitrogens is 9. The molecule has 3 heterocycles. The molecule has 0 fully saturated rings. The van der Waals surface area contributed by atoms with E-state index in [-0.39, 0.29) is 23.7 Å². The lowest BCUT2D eigenvalue weighted by Crippen LogP contribution is -2.08. The Bertz CT molecular complexity index is 2350. The Morgan fingerprint density at radius 2 is 0.556 bits per heavy atom. The average molecular weight is 712 g/mol. The summed E-state index contributed by atoms with van der Waals surface area (Å²) in [5.41, 5.74) is 6.33. The van der Waals surface area contributed by atoms with Crippen LogP contribution in [-0.4, -0.2) is 44.9 Å². The number of nitrogens with zero attached hydrogens (tertiary/aromatic N) is 9. The fourth-order valence-electron chi connectivity index (χ4n) is 5.94. The molecule has 9 heteroatoms. The van der Waals surface area contributed by atoms with E-state index in [2.05, 4.69) is 91.8 Å². The van der Waals surface area contributed by atoms with Crippen molar-refractivity contribution in [2.24, 2.45) is 0 Å². The van der Waals surface area contributed by atoms with E-state index in [0.29, 0.717) is 29.1 Å². The van der Waals surface area contributed by atoms with Crippen LogP contribution < -0.4 is 0 Å². The molecule has 0 aliphatic carbocycles. The van der Waals surface area contributed by atoms with Crippen molar-refractivity contribution in [3.63, 3.8) is 0 Å². The van der Waals surface area contributed by atoms with Crippen LogP contribution in [0.5, 0.6) is 0 Å². The Labute approximate surface area is 317 Å². The summed E-state index contributed by atoms with van der Waals surface area (Å²) >= 11 is 0. The third kappa shape index (κ3) is 7.95. The van der Waals surface area contributed by atoms with Crippen LogP contribution in [0.1, 0.15) is 102 Å². The van der Waals surface area contributed by atoms with E-state index >= 15 is 0 Å². The van der Waals surface area contributed by atoms with Crippen LogP contribution in [-0.2, 0) is 0 Å². The molecular weight excluding hydrogens is 667 g/mol. The van der Waals surface area contributed by atoms with Crippen molar-refractivity contribution < 1.29 is 0 Å². The summed E-state index contributed by atoms with van der Waals surface area (Å²) in [7, 11) is 0. The molecule has 0 N–H and O–H groups in total. The topological polar surface area (TPSA) is 116 Å². The van der Waals surface area contributed by atoms with Gasteiger partial charge < -0.3 is 0 Å². The minimum absolute atomic E-state index is 0.141. The molecule has 0 amide bonds. The minimum atomic E-state index is 0.141. The first kappa shape index (κ1) is 36.3. The van der Waals surface area contributed by atoms with E-state index in [4.69, 9.17) is 44.9 Å². The molecule has 0 saturated heterocycles. The van der Waals surface area contributed by atoms with Crippen LogP contribution in [0.3, 0.4) is 0 Å². The quantitative estimate of drug-likeness (QED) is 0.137. The lowest BCUT2D eigenvalue weighted by molar-refractivity contribution is 0.697. The van der Waals surface area contributed by atoms with Crippen LogP contribution in [0.4, 0.5) is 0 Å². The second-order valence-corrected chi connectivity index (χ2v) is 14.8. The Morgan fingerprint density at radius 3 is 0.981 bits per heavy atom. The zero-order chi connectivity index (χ0) is 37.9. The van der Waals surface area contributed by atoms with Crippen LogP contribution >= 0.6 is 0 Å². The molecule has 0 spiro atoms. The Morgan fingerprint density at radius 1 is 0.259 bits per heavy atom. The first-order valence-corrected chi connectivity index (χ1v) is 18.7. The molecule has 54 heavy (non-hydrogen) atoms. The van der Waals surface area contributed by atoms with E-state index in [1.54, 1.807) is 0 Å². The molecule has 0 aliphatic heterocycles. The molecule has 0 radical (unpaired) electrons. The summed E-state index contributed by atoms with van der Waals surface area (Å²) < 4.78 is 0. The highest BCUT2D eigenvalue weighted by Crippen LogP contribution is 2.34. The van der Waals surface area contributed by atoms with Gasteiger partial charge >= 0.3 is 0 Å². The predicted octanol–water partition coefficient (Wildman–Crippen LogP) is 10.7. The second kappa shape index (κ2) is 15.5. The number of rotatable bonds is 10. The maximum absolute atomic E-state index is 5.16. The molecule has 0 atom stereocenters. The first-order chi connectivity index (χ1) is 26.0. The standard InChI is InChI=1S/C45H45N9/c1-26(2)37-46-38(27(3)4)49-42(48-37)32-20-15-21-33(22-32)43-52-41(31-18-13-10-14-19-31)53-45(54-43)36-24-34(30-16-11-9-12-17-30)23-35(25-36)44-50-39(28(5)6)47-40(51-44)29(7)8/h9-29H,1-8H3. The van der Waals surface area contributed by atoms with Gasteiger partial charge in [-0.05, 0) is 35.4 Å². The molecule has 0 unspecified atom stereocenters.